The number of hydrogen-bond acceptors (Lipinski definition) is 7. The Kier molecular flexibility index (Phi) is 8.66. The van der Waals surface area contributed by atoms with E-state index in [0.717, 1.165) is 42.3 Å². The van der Waals surface area contributed by atoms with Gasteiger partial charge in [-0.25, -0.2) is 5.43 Å². The summed E-state index contributed by atoms with van der Waals surface area (Å²) in [6.45, 7) is 4.64. The number of thioether (sulfide) groups is 1. The maximum absolute atomic E-state index is 12.0. The van der Waals surface area contributed by atoms with Crippen LogP contribution in [0.1, 0.15) is 38.7 Å². The van der Waals surface area contributed by atoms with E-state index in [1.165, 1.54) is 10.9 Å². The van der Waals surface area contributed by atoms with Crippen molar-refractivity contribution in [3.63, 3.8) is 0 Å². The van der Waals surface area contributed by atoms with Crippen molar-refractivity contribution in [2.75, 3.05) is 12.4 Å². The molecule has 1 heterocycles. The molecule has 1 amide bonds. The van der Waals surface area contributed by atoms with Gasteiger partial charge < -0.3 is 19.4 Å². The molecule has 1 aromatic heterocycles. The number of amides is 1. The van der Waals surface area contributed by atoms with Gasteiger partial charge in [-0.15, -0.1) is 0 Å². The second kappa shape index (κ2) is 11.2. The zero-order valence-electron chi connectivity index (χ0n) is 16.8. The normalized spacial score (nSPS) is 11.3. The average molecular weight is 420 g/mol. The number of unbranched alkanes of at least 4 members (excludes halogenated alkanes) is 2. The predicted octanol–water partition coefficient (Wildman–Crippen LogP) is 3.53. The molecule has 156 valence electrons. The summed E-state index contributed by atoms with van der Waals surface area (Å²) in [4.78, 5) is 26.1. The monoisotopic (exact) mass is 419 g/mol. The summed E-state index contributed by atoms with van der Waals surface area (Å²) in [5.41, 5.74) is 3.98. The summed E-state index contributed by atoms with van der Waals surface area (Å²) < 4.78 is 7.19. The molecular weight excluding hydrogens is 394 g/mol. The Labute approximate surface area is 173 Å². The molecule has 0 unspecified atom stereocenters. The molecule has 0 radical (unpaired) electrons. The largest absolute Gasteiger partial charge is 0.494 e. The fourth-order valence-corrected chi connectivity index (χ4v) is 3.25. The van der Waals surface area contributed by atoms with Crippen molar-refractivity contribution in [1.29, 1.82) is 0 Å². The van der Waals surface area contributed by atoms with Crippen molar-refractivity contribution in [2.45, 2.75) is 38.1 Å². The van der Waals surface area contributed by atoms with Gasteiger partial charge in [-0.1, -0.05) is 31.5 Å². The number of aromatic nitrogens is 2. The van der Waals surface area contributed by atoms with Gasteiger partial charge in [0.1, 0.15) is 5.75 Å². The number of hydrogen-bond donors (Lipinski definition) is 1. The molecule has 0 atom stereocenters. The summed E-state index contributed by atoms with van der Waals surface area (Å²) in [5.74, 6) is 0.167. The van der Waals surface area contributed by atoms with E-state index in [4.69, 9.17) is 4.74 Å². The number of carbonyl (C=O) groups is 1. The molecule has 1 N–H and O–H groups in total. The van der Waals surface area contributed by atoms with E-state index in [0.29, 0.717) is 17.3 Å². The highest BCUT2D eigenvalue weighted by Crippen LogP contribution is 2.26. The lowest BCUT2D eigenvalue weighted by molar-refractivity contribution is -0.392. The maximum atomic E-state index is 12.0. The number of imidazole rings is 1. The number of rotatable bonds is 11. The molecule has 0 bridgehead atoms. The second-order valence-electron chi connectivity index (χ2n) is 6.34. The lowest BCUT2D eigenvalue weighted by atomic mass is 10.1. The predicted molar refractivity (Wildman–Crippen MR) is 112 cm³/mol. The number of ether oxygens (including phenoxy) is 1. The Hall–Kier alpha value is -2.88. The van der Waals surface area contributed by atoms with Crippen molar-refractivity contribution in [3.05, 3.63) is 46.3 Å². The number of benzene rings is 1. The number of carbonyl (C=O) groups excluding carboxylic acids is 1. The van der Waals surface area contributed by atoms with Gasteiger partial charge in [0.15, 0.2) is 5.03 Å². The van der Waals surface area contributed by atoms with Crippen molar-refractivity contribution in [3.8, 4) is 5.75 Å². The van der Waals surface area contributed by atoms with E-state index < -0.39 is 4.92 Å². The Morgan fingerprint density at radius 1 is 1.34 bits per heavy atom. The number of nitrogens with one attached hydrogen (secondary N) is 1. The van der Waals surface area contributed by atoms with Gasteiger partial charge in [-0.2, -0.15) is 5.10 Å². The van der Waals surface area contributed by atoms with E-state index >= 15 is 0 Å². The van der Waals surface area contributed by atoms with Crippen LogP contribution in [0.4, 0.5) is 5.82 Å². The van der Waals surface area contributed by atoms with Gasteiger partial charge in [0, 0.05) is 7.05 Å². The zero-order valence-corrected chi connectivity index (χ0v) is 17.6. The van der Waals surface area contributed by atoms with Crippen molar-refractivity contribution in [2.24, 2.45) is 12.1 Å². The van der Waals surface area contributed by atoms with E-state index in [-0.39, 0.29) is 17.5 Å². The third kappa shape index (κ3) is 6.90. The molecule has 0 saturated heterocycles. The fraction of sp³-hybridized carbons (Fsp3) is 0.421. The van der Waals surface area contributed by atoms with Crippen LogP contribution < -0.4 is 10.2 Å². The highest BCUT2D eigenvalue weighted by Gasteiger charge is 2.21. The smallest absolute Gasteiger partial charge is 0.395 e. The first-order chi connectivity index (χ1) is 13.9. The summed E-state index contributed by atoms with van der Waals surface area (Å²) in [7, 11) is 1.64. The highest BCUT2D eigenvalue weighted by molar-refractivity contribution is 8.00. The molecule has 0 fully saturated rings. The molecule has 0 aliphatic rings. The van der Waals surface area contributed by atoms with Crippen LogP contribution >= 0.6 is 11.8 Å². The molecule has 29 heavy (non-hydrogen) atoms. The van der Waals surface area contributed by atoms with Crippen LogP contribution in [0.5, 0.6) is 5.75 Å². The van der Waals surface area contributed by atoms with Crippen LogP contribution in [0, 0.1) is 10.1 Å². The first-order valence-electron chi connectivity index (χ1n) is 9.27. The Balaban J connectivity index is 1.85. The molecule has 10 heteroatoms. The third-order valence-electron chi connectivity index (χ3n) is 4.01. The first-order valence-corrected chi connectivity index (χ1v) is 10.3. The Bertz CT molecular complexity index is 864. The van der Waals surface area contributed by atoms with Crippen LogP contribution in [-0.4, -0.2) is 38.5 Å². The molecule has 2 rings (SSSR count). The molecule has 9 nitrogen and oxygen atoms in total. The molecule has 0 spiro atoms. The maximum Gasteiger partial charge on any atom is 0.395 e. The zero-order chi connectivity index (χ0) is 21.2. The van der Waals surface area contributed by atoms with Crippen LogP contribution in [0.2, 0.25) is 0 Å². The minimum absolute atomic E-state index is 0.0122. The number of nitro groups is 1. The highest BCUT2D eigenvalue weighted by atomic mass is 32.2. The van der Waals surface area contributed by atoms with Gasteiger partial charge in [0.25, 0.3) is 0 Å². The van der Waals surface area contributed by atoms with Crippen LogP contribution in [0.15, 0.2) is 40.7 Å². The summed E-state index contributed by atoms with van der Waals surface area (Å²) in [6, 6.07) is 7.51. The van der Waals surface area contributed by atoms with Gasteiger partial charge in [-0.3, -0.25) is 4.79 Å². The van der Waals surface area contributed by atoms with E-state index in [9.17, 15) is 14.9 Å². The van der Waals surface area contributed by atoms with Crippen LogP contribution in [0.25, 0.3) is 0 Å². The van der Waals surface area contributed by atoms with Crippen molar-refractivity contribution in [1.82, 2.24) is 15.0 Å². The van der Waals surface area contributed by atoms with Gasteiger partial charge in [0.05, 0.1) is 18.1 Å². The lowest BCUT2D eigenvalue weighted by Gasteiger charge is -2.07. The molecule has 2 aromatic rings. The summed E-state index contributed by atoms with van der Waals surface area (Å²) in [5, 5.41) is 15.4. The average Bonchev–Trinajstić information content (AvgIpc) is 3.09. The minimum Gasteiger partial charge on any atom is -0.494 e. The molecule has 0 aliphatic heterocycles. The summed E-state index contributed by atoms with van der Waals surface area (Å²) >= 11 is 1.04. The summed E-state index contributed by atoms with van der Waals surface area (Å²) in [6.07, 6.45) is 4.68. The van der Waals surface area contributed by atoms with Gasteiger partial charge in [0.2, 0.25) is 12.2 Å². The number of aryl methyl sites for hydroxylation is 1. The van der Waals surface area contributed by atoms with Crippen LogP contribution in [-0.2, 0) is 11.8 Å². The van der Waals surface area contributed by atoms with Crippen molar-refractivity contribution >= 4 is 29.2 Å². The van der Waals surface area contributed by atoms with E-state index in [1.54, 1.807) is 14.0 Å². The molecule has 0 saturated carbocycles. The van der Waals surface area contributed by atoms with Crippen LogP contribution in [0.3, 0.4) is 0 Å². The molecular formula is C19H25N5O4S. The Morgan fingerprint density at radius 2 is 2.07 bits per heavy atom. The van der Waals surface area contributed by atoms with E-state index in [1.807, 2.05) is 24.3 Å². The number of hydrazone groups is 1. The second-order valence-corrected chi connectivity index (χ2v) is 7.31. The molecule has 0 aliphatic carbocycles. The van der Waals surface area contributed by atoms with Crippen molar-refractivity contribution < 1.29 is 14.5 Å². The lowest BCUT2D eigenvalue weighted by Crippen LogP contribution is -2.21. The molecule has 1 aromatic carbocycles. The standard InChI is InChI=1S/C19H25N5O4S/c1-4-5-6-11-28-16-9-7-15(8-10-16)14(2)21-22-17(25)12-29-19-18(24(26)27)20-13-23(19)3/h7-10,13H,4-6,11-12H2,1-3H3,(H,22,25)/b21-14-. The number of nitrogens with zero attached hydrogens (tertiary/aromatic N) is 4. The van der Waals surface area contributed by atoms with Gasteiger partial charge in [-0.05, 0) is 53.1 Å². The first kappa shape index (κ1) is 22.4. The quantitative estimate of drug-likeness (QED) is 0.196. The Morgan fingerprint density at radius 3 is 2.72 bits per heavy atom. The SMILES string of the molecule is CCCCCOc1ccc(/C(C)=N\NC(=O)CSc2c([N+](=O)[O-])ncn2C)cc1. The van der Waals surface area contributed by atoms with E-state index in [2.05, 4.69) is 22.4 Å². The topological polar surface area (TPSA) is 112 Å². The minimum atomic E-state index is -0.570. The fourth-order valence-electron chi connectivity index (χ4n) is 2.41. The van der Waals surface area contributed by atoms with Gasteiger partial charge >= 0.3 is 5.82 Å². The third-order valence-corrected chi connectivity index (χ3v) is 5.17.